The van der Waals surface area contributed by atoms with Crippen LogP contribution < -0.4 is 10.1 Å². The normalized spacial score (nSPS) is 10.6. The van der Waals surface area contributed by atoms with Crippen LogP contribution in [0.5, 0.6) is 5.75 Å². The highest BCUT2D eigenvalue weighted by Crippen LogP contribution is 2.28. The lowest BCUT2D eigenvalue weighted by Gasteiger charge is -2.13. The maximum atomic E-state index is 6.19. The molecular formula is C15H14BrCl2NO. The fourth-order valence-corrected chi connectivity index (χ4v) is 2.78. The molecule has 0 aliphatic heterocycles. The summed E-state index contributed by atoms with van der Waals surface area (Å²) in [5, 5.41) is 4.46. The summed E-state index contributed by atoms with van der Waals surface area (Å²) in [5.74, 6) is 0.769. The van der Waals surface area contributed by atoms with Crippen LogP contribution in [0, 0.1) is 0 Å². The van der Waals surface area contributed by atoms with E-state index in [4.69, 9.17) is 27.9 Å². The number of hydrogen-bond donors (Lipinski definition) is 1. The van der Waals surface area contributed by atoms with Crippen LogP contribution in [0.25, 0.3) is 0 Å². The van der Waals surface area contributed by atoms with Gasteiger partial charge in [-0.05, 0) is 31.3 Å². The maximum Gasteiger partial charge on any atom is 0.125 e. The van der Waals surface area contributed by atoms with E-state index < -0.39 is 0 Å². The Balaban J connectivity index is 2.16. The zero-order valence-corrected chi connectivity index (χ0v) is 14.0. The number of halogens is 3. The van der Waals surface area contributed by atoms with Crippen LogP contribution in [0.4, 0.5) is 0 Å². The second-order valence-electron chi connectivity index (χ2n) is 4.27. The molecule has 5 heteroatoms. The van der Waals surface area contributed by atoms with Gasteiger partial charge in [0.1, 0.15) is 12.4 Å². The molecule has 0 amide bonds. The highest BCUT2D eigenvalue weighted by molar-refractivity contribution is 9.10. The van der Waals surface area contributed by atoms with Gasteiger partial charge in [0.15, 0.2) is 0 Å². The Bertz CT molecular complexity index is 604. The van der Waals surface area contributed by atoms with Gasteiger partial charge in [-0.1, -0.05) is 51.3 Å². The first-order chi connectivity index (χ1) is 9.61. The topological polar surface area (TPSA) is 21.3 Å². The van der Waals surface area contributed by atoms with Gasteiger partial charge in [0, 0.05) is 32.2 Å². The van der Waals surface area contributed by atoms with E-state index in [1.165, 1.54) is 0 Å². The second-order valence-corrected chi connectivity index (χ2v) is 6.00. The van der Waals surface area contributed by atoms with Crippen molar-refractivity contribution in [3.8, 4) is 5.75 Å². The van der Waals surface area contributed by atoms with Crippen LogP contribution in [-0.4, -0.2) is 7.05 Å². The lowest BCUT2D eigenvalue weighted by atomic mass is 10.2. The van der Waals surface area contributed by atoms with Crippen molar-refractivity contribution in [3.05, 3.63) is 62.0 Å². The summed E-state index contributed by atoms with van der Waals surface area (Å²) < 4.78 is 6.80. The molecule has 2 aromatic rings. The van der Waals surface area contributed by atoms with Crippen LogP contribution in [0.2, 0.25) is 10.0 Å². The molecule has 2 aromatic carbocycles. The van der Waals surface area contributed by atoms with Gasteiger partial charge >= 0.3 is 0 Å². The summed E-state index contributed by atoms with van der Waals surface area (Å²) in [5.41, 5.74) is 1.88. The van der Waals surface area contributed by atoms with E-state index in [9.17, 15) is 0 Å². The smallest absolute Gasteiger partial charge is 0.125 e. The molecule has 0 bridgehead atoms. The minimum absolute atomic E-state index is 0.406. The van der Waals surface area contributed by atoms with E-state index in [0.717, 1.165) is 21.3 Å². The van der Waals surface area contributed by atoms with Crippen LogP contribution in [0.1, 0.15) is 11.1 Å². The summed E-state index contributed by atoms with van der Waals surface area (Å²) in [6, 6.07) is 11.4. The lowest BCUT2D eigenvalue weighted by molar-refractivity contribution is 0.302. The van der Waals surface area contributed by atoms with Gasteiger partial charge in [-0.2, -0.15) is 0 Å². The molecule has 20 heavy (non-hydrogen) atoms. The molecule has 0 aromatic heterocycles. The Kier molecular flexibility index (Phi) is 5.73. The van der Waals surface area contributed by atoms with E-state index >= 15 is 0 Å². The Morgan fingerprint density at radius 1 is 1.15 bits per heavy atom. The number of hydrogen-bond acceptors (Lipinski definition) is 2. The molecular weight excluding hydrogens is 361 g/mol. The molecule has 0 saturated carbocycles. The highest BCUT2D eigenvalue weighted by atomic mass is 79.9. The van der Waals surface area contributed by atoms with E-state index in [2.05, 4.69) is 21.2 Å². The minimum atomic E-state index is 0.406. The van der Waals surface area contributed by atoms with Gasteiger partial charge < -0.3 is 10.1 Å². The Morgan fingerprint density at radius 2 is 1.95 bits per heavy atom. The van der Waals surface area contributed by atoms with Gasteiger partial charge in [0.05, 0.1) is 0 Å². The van der Waals surface area contributed by atoms with Crippen molar-refractivity contribution in [2.75, 3.05) is 7.05 Å². The van der Waals surface area contributed by atoms with Crippen LogP contribution in [0.15, 0.2) is 40.9 Å². The minimum Gasteiger partial charge on any atom is -0.488 e. The SMILES string of the molecule is CNCc1c(Cl)cccc1OCc1ccc(Br)cc1Cl. The summed E-state index contributed by atoms with van der Waals surface area (Å²) in [6.45, 7) is 1.06. The number of benzene rings is 2. The van der Waals surface area contributed by atoms with Crippen molar-refractivity contribution >= 4 is 39.1 Å². The van der Waals surface area contributed by atoms with E-state index in [0.29, 0.717) is 23.2 Å². The van der Waals surface area contributed by atoms with Crippen LogP contribution in [-0.2, 0) is 13.2 Å². The highest BCUT2D eigenvalue weighted by Gasteiger charge is 2.09. The molecule has 0 spiro atoms. The lowest BCUT2D eigenvalue weighted by Crippen LogP contribution is -2.08. The van der Waals surface area contributed by atoms with Gasteiger partial charge in [0.2, 0.25) is 0 Å². The molecule has 0 radical (unpaired) electrons. The molecule has 0 atom stereocenters. The summed E-state index contributed by atoms with van der Waals surface area (Å²) in [6.07, 6.45) is 0. The molecule has 106 valence electrons. The molecule has 0 saturated heterocycles. The van der Waals surface area contributed by atoms with Gasteiger partial charge in [-0.15, -0.1) is 0 Å². The first-order valence-corrected chi connectivity index (χ1v) is 7.65. The van der Waals surface area contributed by atoms with E-state index in [-0.39, 0.29) is 0 Å². The van der Waals surface area contributed by atoms with Crippen molar-refractivity contribution in [1.82, 2.24) is 5.32 Å². The standard InChI is InChI=1S/C15H14BrCl2NO/c1-19-8-12-13(17)3-2-4-15(12)20-9-10-5-6-11(16)7-14(10)18/h2-7,19H,8-9H2,1H3. The fraction of sp³-hybridized carbons (Fsp3) is 0.200. The number of ether oxygens (including phenoxy) is 1. The summed E-state index contributed by atoms with van der Waals surface area (Å²) in [7, 11) is 1.87. The predicted octanol–water partition coefficient (Wildman–Crippen LogP) is 5.05. The van der Waals surface area contributed by atoms with Gasteiger partial charge in [0.25, 0.3) is 0 Å². The quantitative estimate of drug-likeness (QED) is 0.790. The van der Waals surface area contributed by atoms with Crippen molar-refractivity contribution in [1.29, 1.82) is 0 Å². The predicted molar refractivity (Wildman–Crippen MR) is 87.7 cm³/mol. The van der Waals surface area contributed by atoms with Gasteiger partial charge in [-0.25, -0.2) is 0 Å². The number of rotatable bonds is 5. The molecule has 2 rings (SSSR count). The van der Waals surface area contributed by atoms with Gasteiger partial charge in [-0.3, -0.25) is 0 Å². The largest absolute Gasteiger partial charge is 0.488 e. The molecule has 1 N–H and O–H groups in total. The average molecular weight is 375 g/mol. The van der Waals surface area contributed by atoms with Crippen molar-refractivity contribution in [2.45, 2.75) is 13.2 Å². The monoisotopic (exact) mass is 373 g/mol. The Morgan fingerprint density at radius 3 is 2.65 bits per heavy atom. The Hall–Kier alpha value is -0.740. The van der Waals surface area contributed by atoms with E-state index in [1.807, 2.05) is 43.4 Å². The molecule has 2 nitrogen and oxygen atoms in total. The second kappa shape index (κ2) is 7.32. The average Bonchev–Trinajstić information content (AvgIpc) is 2.41. The van der Waals surface area contributed by atoms with Crippen molar-refractivity contribution in [3.63, 3.8) is 0 Å². The van der Waals surface area contributed by atoms with Crippen molar-refractivity contribution < 1.29 is 4.74 Å². The molecule has 0 heterocycles. The van der Waals surface area contributed by atoms with Crippen LogP contribution >= 0.6 is 39.1 Å². The third-order valence-corrected chi connectivity index (χ3v) is 4.03. The third-order valence-electron chi connectivity index (χ3n) is 2.83. The van der Waals surface area contributed by atoms with Crippen LogP contribution in [0.3, 0.4) is 0 Å². The number of nitrogens with one attached hydrogen (secondary N) is 1. The van der Waals surface area contributed by atoms with E-state index in [1.54, 1.807) is 0 Å². The summed E-state index contributed by atoms with van der Waals surface area (Å²) >= 11 is 15.8. The molecule has 0 unspecified atom stereocenters. The first kappa shape index (κ1) is 15.6. The summed E-state index contributed by atoms with van der Waals surface area (Å²) in [4.78, 5) is 0. The van der Waals surface area contributed by atoms with Crippen molar-refractivity contribution in [2.24, 2.45) is 0 Å². The first-order valence-electron chi connectivity index (χ1n) is 6.10. The zero-order chi connectivity index (χ0) is 14.5. The third kappa shape index (κ3) is 3.89. The maximum absolute atomic E-state index is 6.19. The Labute approximate surface area is 137 Å². The fourth-order valence-electron chi connectivity index (χ4n) is 1.82. The molecule has 0 fully saturated rings. The zero-order valence-electron chi connectivity index (χ0n) is 10.9. The molecule has 0 aliphatic carbocycles. The molecule has 0 aliphatic rings.